The van der Waals surface area contributed by atoms with Gasteiger partial charge in [0.15, 0.2) is 0 Å². The molecule has 2 heterocycles. The summed E-state index contributed by atoms with van der Waals surface area (Å²) in [5.74, 6) is 1.50. The van der Waals surface area contributed by atoms with Gasteiger partial charge >= 0.3 is 0 Å². The molecule has 0 unspecified atom stereocenters. The van der Waals surface area contributed by atoms with Gasteiger partial charge in [0, 0.05) is 35.9 Å². The number of aliphatic imine (C=N–C) groups is 1. The minimum absolute atomic E-state index is 0.00408. The number of carbonyl (C=O) groups excluding carboxylic acids is 1. The number of rotatable bonds is 12. The largest absolute Gasteiger partial charge is 0.493 e. The molecule has 0 fully saturated rings. The number of benzene rings is 1. The fourth-order valence-corrected chi connectivity index (χ4v) is 11.0. The first-order valence-corrected chi connectivity index (χ1v) is 19.7. The summed E-state index contributed by atoms with van der Waals surface area (Å²) >= 11 is -1.15. The van der Waals surface area contributed by atoms with E-state index in [9.17, 15) is 4.79 Å². The van der Waals surface area contributed by atoms with E-state index in [4.69, 9.17) is 9.73 Å². The average Bonchev–Trinajstić information content (AvgIpc) is 3.39. The van der Waals surface area contributed by atoms with E-state index in [0.29, 0.717) is 13.0 Å². The van der Waals surface area contributed by atoms with E-state index in [0.717, 1.165) is 53.4 Å². The molecule has 5 nitrogen and oxygen atoms in total. The minimum atomic E-state index is -0.382. The Kier molecular flexibility index (Phi) is 11.5. The Labute approximate surface area is 245 Å². The van der Waals surface area contributed by atoms with Crippen molar-refractivity contribution in [3.8, 4) is 5.75 Å². The molecule has 1 aliphatic heterocycles. The Balaban J connectivity index is 2.08. The molecule has 0 radical (unpaired) electrons. The molecule has 0 saturated heterocycles. The maximum Gasteiger partial charge on any atom is 0.235 e. The number of carbonyl (C=O) groups is 1. The van der Waals surface area contributed by atoms with Gasteiger partial charge in [-0.3, -0.25) is 14.7 Å². The van der Waals surface area contributed by atoms with Crippen LogP contribution in [0.25, 0.3) is 5.70 Å². The maximum atomic E-state index is 13.5. The summed E-state index contributed by atoms with van der Waals surface area (Å²) in [6.45, 7) is 6.75. The van der Waals surface area contributed by atoms with Gasteiger partial charge in [0.25, 0.3) is 0 Å². The predicted molar refractivity (Wildman–Crippen MR) is 183 cm³/mol. The lowest BCUT2D eigenvalue weighted by Gasteiger charge is -2.29. The van der Waals surface area contributed by atoms with Crippen LogP contribution in [0.2, 0.25) is 0 Å². The highest BCUT2D eigenvalue weighted by molar-refractivity contribution is 14.3. The molecule has 3 rings (SSSR count). The monoisotopic (exact) mass is 825 g/mol. The number of amidine groups is 1. The molecule has 1 aliphatic rings. The van der Waals surface area contributed by atoms with Crippen molar-refractivity contribution in [2.24, 2.45) is 10.9 Å². The molecule has 0 atom stereocenters. The summed E-state index contributed by atoms with van der Waals surface area (Å²) in [5, 5.41) is 0. The number of halogens is 3. The van der Waals surface area contributed by atoms with E-state index in [1.165, 1.54) is 0 Å². The number of alkyl halides is 3. The summed E-state index contributed by atoms with van der Waals surface area (Å²) < 4.78 is 19.5. The first kappa shape index (κ1) is 29.4. The summed E-state index contributed by atoms with van der Waals surface area (Å²) in [4.78, 5) is 24.4. The zero-order chi connectivity index (χ0) is 26.1. The highest BCUT2D eigenvalue weighted by Crippen LogP contribution is 2.57. The zero-order valence-corrected chi connectivity index (χ0v) is 27.6. The molecule has 1 aromatic heterocycles. The second-order valence-electron chi connectivity index (χ2n) is 8.53. The van der Waals surface area contributed by atoms with Crippen LogP contribution < -0.4 is 9.64 Å². The molecule has 194 valence electrons. The van der Waals surface area contributed by atoms with Crippen LogP contribution in [0.5, 0.6) is 5.75 Å². The third kappa shape index (κ3) is 6.83. The SMILES string of the molecule is C=IC(I=C)(I=C)c1cc(N(C(=O)C(C)C)C2=NC(c3cccnc3)=CC2)ccc1OCCCCC. The van der Waals surface area contributed by atoms with E-state index in [2.05, 4.69) is 37.6 Å². The van der Waals surface area contributed by atoms with Gasteiger partial charge < -0.3 is 4.74 Å². The standard InChI is InChI=1S/C28H34I3N3O2/c1-7-8-9-17-36-25-14-12-22(18-23(25)28(29-4,30-5)31-6)34(27(35)20(2)3)26-15-13-24(33-26)21-11-10-16-32-19-21/h10-14,16,18-20H,4-9,15,17H2,1-3H3. The van der Waals surface area contributed by atoms with Crippen molar-refractivity contribution in [3.05, 3.63) is 59.9 Å². The van der Waals surface area contributed by atoms with Crippen molar-refractivity contribution >= 4 is 98.9 Å². The Morgan fingerprint density at radius 1 is 1.17 bits per heavy atom. The van der Waals surface area contributed by atoms with Gasteiger partial charge in [0.2, 0.25) is 5.91 Å². The second-order valence-corrected chi connectivity index (χ2v) is 21.9. The number of pyridine rings is 1. The highest BCUT2D eigenvalue weighted by Gasteiger charge is 2.32. The van der Waals surface area contributed by atoms with Crippen LogP contribution in [0, 0.1) is 5.92 Å². The van der Waals surface area contributed by atoms with Gasteiger partial charge in [0.1, 0.15) is 11.0 Å². The maximum absolute atomic E-state index is 13.5. The van der Waals surface area contributed by atoms with E-state index in [1.807, 2.05) is 38.1 Å². The summed E-state index contributed by atoms with van der Waals surface area (Å²) in [7, 11) is 0. The van der Waals surface area contributed by atoms with Crippen molar-refractivity contribution in [1.29, 1.82) is 0 Å². The van der Waals surface area contributed by atoms with Crippen LogP contribution in [-0.4, -0.2) is 36.9 Å². The van der Waals surface area contributed by atoms with Gasteiger partial charge in [-0.05, 0) is 36.8 Å². The smallest absolute Gasteiger partial charge is 0.235 e. The fourth-order valence-electron chi connectivity index (χ4n) is 3.78. The average molecular weight is 825 g/mol. The second kappa shape index (κ2) is 14.1. The summed E-state index contributed by atoms with van der Waals surface area (Å²) in [5.41, 5.74) is 3.79. The lowest BCUT2D eigenvalue weighted by atomic mass is 10.1. The third-order valence-electron chi connectivity index (χ3n) is 5.69. The zero-order valence-electron chi connectivity index (χ0n) is 21.1. The Morgan fingerprint density at radius 2 is 1.92 bits per heavy atom. The van der Waals surface area contributed by atoms with Crippen LogP contribution in [0.15, 0.2) is 53.8 Å². The van der Waals surface area contributed by atoms with Gasteiger partial charge in [-0.15, -0.1) is 0 Å². The van der Waals surface area contributed by atoms with Crippen LogP contribution in [0.3, 0.4) is 0 Å². The topological polar surface area (TPSA) is 54.8 Å². The Bertz CT molecular complexity index is 1150. The van der Waals surface area contributed by atoms with Crippen LogP contribution in [0.1, 0.15) is 57.6 Å². The van der Waals surface area contributed by atoms with Crippen molar-refractivity contribution in [1.82, 2.24) is 4.98 Å². The quantitative estimate of drug-likeness (QED) is 0.125. The molecule has 2 aromatic rings. The van der Waals surface area contributed by atoms with Gasteiger partial charge in [-0.2, -0.15) is 0 Å². The van der Waals surface area contributed by atoms with E-state index in [-0.39, 0.29) is 73.5 Å². The minimum Gasteiger partial charge on any atom is -0.493 e. The normalized spacial score (nSPS) is 13.4. The third-order valence-corrected chi connectivity index (χ3v) is 21.9. The Hall–Kier alpha value is -1.15. The molecule has 8 heteroatoms. The number of ether oxygens (including phenoxy) is 1. The Morgan fingerprint density at radius 3 is 2.53 bits per heavy atom. The number of aromatic nitrogens is 1. The number of nitrogens with zero attached hydrogens (tertiary/aromatic N) is 3. The number of amides is 1. The van der Waals surface area contributed by atoms with E-state index < -0.39 is 0 Å². The van der Waals surface area contributed by atoms with E-state index >= 15 is 0 Å². The number of hydrogen-bond acceptors (Lipinski definition) is 4. The number of unbranched alkanes of at least 4 members (excludes halogenated alkanes) is 2. The lowest BCUT2D eigenvalue weighted by molar-refractivity contribution is -0.120. The van der Waals surface area contributed by atoms with Crippen molar-refractivity contribution < 1.29 is 9.53 Å². The fraction of sp³-hybridized carbons (Fsp3) is 0.357. The highest BCUT2D eigenvalue weighted by atomic mass is 127. The van der Waals surface area contributed by atoms with Crippen molar-refractivity contribution in [3.63, 3.8) is 0 Å². The molecule has 0 saturated carbocycles. The van der Waals surface area contributed by atoms with Crippen molar-refractivity contribution in [2.45, 2.75) is 45.9 Å². The first-order valence-electron chi connectivity index (χ1n) is 11.9. The predicted octanol–water partition coefficient (Wildman–Crippen LogP) is 7.80. The lowest BCUT2D eigenvalue weighted by Crippen LogP contribution is -2.39. The molecule has 0 aliphatic carbocycles. The van der Waals surface area contributed by atoms with Crippen molar-refractivity contribution in [2.75, 3.05) is 11.5 Å². The molecule has 36 heavy (non-hydrogen) atoms. The molecule has 0 N–H and O–H groups in total. The summed E-state index contributed by atoms with van der Waals surface area (Å²) in [6, 6.07) is 10.1. The van der Waals surface area contributed by atoms with Gasteiger partial charge in [-0.25, -0.2) is 4.99 Å². The van der Waals surface area contributed by atoms with Crippen LogP contribution >= 0.6 is 62.2 Å². The molecule has 1 amide bonds. The molecule has 0 bridgehead atoms. The molecular formula is C28H34I3N3O2. The van der Waals surface area contributed by atoms with Crippen LogP contribution in [-0.2, 0) is 4.23 Å². The molecule has 1 aromatic carbocycles. The van der Waals surface area contributed by atoms with Gasteiger partial charge in [0.05, 0.1) is 18.0 Å². The summed E-state index contributed by atoms with van der Waals surface area (Å²) in [6.07, 6.45) is 9.53. The first-order chi connectivity index (χ1) is 17.4. The van der Waals surface area contributed by atoms with Crippen LogP contribution in [0.4, 0.5) is 5.69 Å². The number of hydrogen-bond donors (Lipinski definition) is 0. The van der Waals surface area contributed by atoms with Gasteiger partial charge in [-0.1, -0.05) is 115 Å². The van der Waals surface area contributed by atoms with E-state index in [1.54, 1.807) is 17.3 Å². The molecular weight excluding hydrogens is 791 g/mol. The molecule has 0 spiro atoms. The number of anilines is 1.